The zero-order valence-electron chi connectivity index (χ0n) is 38.1. The number of benzene rings is 1. The third-order valence-corrected chi connectivity index (χ3v) is 13.3. The van der Waals surface area contributed by atoms with Crippen LogP contribution in [0.4, 0.5) is 0 Å². The van der Waals surface area contributed by atoms with Gasteiger partial charge in [-0.25, -0.2) is 0 Å². The number of hydrogen-bond acceptors (Lipinski definition) is 15. The molecule has 2 unspecified atom stereocenters. The monoisotopic (exact) mass is 860 g/mol. The van der Waals surface area contributed by atoms with Gasteiger partial charge in [-0.3, -0.25) is 28.8 Å². The van der Waals surface area contributed by atoms with E-state index in [0.717, 1.165) is 0 Å². The maximum Gasteiger partial charge on any atom is 0.316 e. The maximum absolute atomic E-state index is 14.7. The molecule has 3 heterocycles. The molecule has 0 aromatic heterocycles. The van der Waals surface area contributed by atoms with Crippen LogP contribution in [0.1, 0.15) is 97.9 Å². The number of nitrogens with zero attached hydrogens (tertiary/aromatic N) is 1. The lowest BCUT2D eigenvalue weighted by Crippen LogP contribution is -2.59. The molecule has 1 aromatic carbocycles. The Morgan fingerprint density at radius 3 is 2.16 bits per heavy atom. The van der Waals surface area contributed by atoms with E-state index < -0.39 is 94.9 Å². The van der Waals surface area contributed by atoms with Crippen molar-refractivity contribution in [3.63, 3.8) is 0 Å². The molecule has 2 N–H and O–H groups in total. The van der Waals surface area contributed by atoms with Crippen LogP contribution >= 0.6 is 0 Å². The minimum atomic E-state index is -1.53. The molecule has 61 heavy (non-hydrogen) atoms. The molecule has 16 nitrogen and oxygen atoms in total. The summed E-state index contributed by atoms with van der Waals surface area (Å²) < 4.78 is 41.5. The number of rotatable bonds is 13. The number of hydrogen-bond donors (Lipinski definition) is 2. The number of Topliss-reactive ketones (excluding diaryl/α,β-unsaturated/α-hetero) is 3. The van der Waals surface area contributed by atoms with Gasteiger partial charge in [0.15, 0.2) is 35.0 Å². The van der Waals surface area contributed by atoms with Crippen molar-refractivity contribution < 1.29 is 67.0 Å². The lowest BCUT2D eigenvalue weighted by molar-refractivity contribution is -0.295. The molecule has 1 aromatic rings. The number of aliphatic hydroxyl groups excluding tert-OH is 1. The van der Waals surface area contributed by atoms with E-state index in [9.17, 15) is 33.9 Å². The number of amides is 1. The predicted molar refractivity (Wildman–Crippen MR) is 222 cm³/mol. The minimum Gasteiger partial charge on any atom is -0.493 e. The van der Waals surface area contributed by atoms with E-state index >= 15 is 0 Å². The smallest absolute Gasteiger partial charge is 0.316 e. The molecule has 0 spiro atoms. The Morgan fingerprint density at radius 1 is 0.918 bits per heavy atom. The molecule has 0 saturated carbocycles. The van der Waals surface area contributed by atoms with Crippen LogP contribution in [-0.2, 0) is 47.7 Å². The van der Waals surface area contributed by atoms with Gasteiger partial charge in [-0.2, -0.15) is 0 Å². The molecular weight excluding hydrogens is 792 g/mol. The summed E-state index contributed by atoms with van der Waals surface area (Å²) in [6.07, 6.45) is -4.28. The van der Waals surface area contributed by atoms with E-state index in [4.69, 9.17) is 33.2 Å². The molecule has 3 fully saturated rings. The second-order valence-electron chi connectivity index (χ2n) is 17.7. The van der Waals surface area contributed by atoms with Crippen LogP contribution in [0.3, 0.4) is 0 Å². The van der Waals surface area contributed by atoms with Crippen LogP contribution in [0.2, 0.25) is 0 Å². The Kier molecular flexibility index (Phi) is 16.7. The van der Waals surface area contributed by atoms with E-state index in [1.807, 2.05) is 25.9 Å². The molecule has 3 saturated heterocycles. The number of cyclic esters (lactones) is 1. The summed E-state index contributed by atoms with van der Waals surface area (Å²) in [6.45, 7) is 13.2. The number of carbonyl (C=O) groups is 6. The number of aliphatic hydroxyl groups is 1. The van der Waals surface area contributed by atoms with Gasteiger partial charge < -0.3 is 48.5 Å². The number of likely N-dealkylation sites (N-methyl/N-ethyl adjacent to an activating group) is 1. The first-order valence-corrected chi connectivity index (χ1v) is 21.3. The average molecular weight is 861 g/mol. The maximum atomic E-state index is 14.7. The fourth-order valence-electron chi connectivity index (χ4n) is 9.68. The van der Waals surface area contributed by atoms with Crippen molar-refractivity contribution in [3.05, 3.63) is 23.8 Å². The Morgan fingerprint density at radius 2 is 1.57 bits per heavy atom. The highest BCUT2D eigenvalue weighted by molar-refractivity contribution is 6.00. The summed E-state index contributed by atoms with van der Waals surface area (Å²) in [5.41, 5.74) is -2.53. The normalized spacial score (nSPS) is 36.4. The Balaban J connectivity index is 1.65. The highest BCUT2D eigenvalue weighted by Crippen LogP contribution is 2.48. The number of fused-ring (bicyclic) bond motifs is 1. The van der Waals surface area contributed by atoms with Crippen LogP contribution in [0.25, 0.3) is 0 Å². The van der Waals surface area contributed by atoms with Gasteiger partial charge in [-0.1, -0.05) is 27.7 Å². The van der Waals surface area contributed by atoms with Crippen molar-refractivity contribution in [1.82, 2.24) is 10.2 Å². The Hall–Kier alpha value is -3.96. The average Bonchev–Trinajstić information content (AvgIpc) is 3.50. The van der Waals surface area contributed by atoms with E-state index in [2.05, 4.69) is 5.32 Å². The lowest BCUT2D eigenvalue weighted by atomic mass is 9.67. The van der Waals surface area contributed by atoms with Crippen molar-refractivity contribution in [2.45, 2.75) is 135 Å². The van der Waals surface area contributed by atoms with Crippen LogP contribution in [0, 0.1) is 35.5 Å². The first kappa shape index (κ1) is 49.7. The molecule has 0 radical (unpaired) electrons. The largest absolute Gasteiger partial charge is 0.493 e. The fourth-order valence-corrected chi connectivity index (χ4v) is 9.68. The van der Waals surface area contributed by atoms with Crippen molar-refractivity contribution in [3.8, 4) is 11.5 Å². The van der Waals surface area contributed by atoms with E-state index in [1.54, 1.807) is 53.7 Å². The molecule has 3 aliphatic heterocycles. The predicted octanol–water partition coefficient (Wildman–Crippen LogP) is 3.96. The van der Waals surface area contributed by atoms with Gasteiger partial charge in [0.2, 0.25) is 5.91 Å². The third-order valence-electron chi connectivity index (χ3n) is 13.3. The number of ether oxygens (including phenoxy) is 7. The summed E-state index contributed by atoms with van der Waals surface area (Å²) in [5, 5.41) is 14.2. The van der Waals surface area contributed by atoms with Crippen LogP contribution in [0.5, 0.6) is 11.5 Å². The van der Waals surface area contributed by atoms with Crippen LogP contribution < -0.4 is 14.8 Å². The molecule has 0 aliphatic carbocycles. The highest BCUT2D eigenvalue weighted by atomic mass is 16.7. The summed E-state index contributed by atoms with van der Waals surface area (Å²) in [7, 11) is 8.08. The topological polar surface area (TPSA) is 203 Å². The Bertz CT molecular complexity index is 1770. The molecule has 0 bridgehead atoms. The molecule has 16 heteroatoms. The molecule has 342 valence electrons. The van der Waals surface area contributed by atoms with Gasteiger partial charge in [-0.05, 0) is 79.3 Å². The quantitative estimate of drug-likeness (QED) is 0.164. The second-order valence-corrected chi connectivity index (χ2v) is 17.7. The number of ketones is 3. The van der Waals surface area contributed by atoms with Crippen LogP contribution in [0.15, 0.2) is 18.2 Å². The molecule has 3 aliphatic rings. The first-order valence-electron chi connectivity index (χ1n) is 21.3. The lowest BCUT2D eigenvalue weighted by Gasteiger charge is -2.47. The van der Waals surface area contributed by atoms with Crippen molar-refractivity contribution >= 4 is 35.2 Å². The Labute approximate surface area is 360 Å². The molecule has 4 rings (SSSR count). The molecule has 1 amide bonds. The number of methoxy groups -OCH3 is 3. The first-order chi connectivity index (χ1) is 28.6. The van der Waals surface area contributed by atoms with E-state index in [0.29, 0.717) is 23.5 Å². The number of esters is 2. The summed E-state index contributed by atoms with van der Waals surface area (Å²) in [6, 6.07) is 4.40. The second kappa shape index (κ2) is 20.5. The summed E-state index contributed by atoms with van der Waals surface area (Å²) in [4.78, 5) is 85.0. The van der Waals surface area contributed by atoms with Crippen molar-refractivity contribution in [1.29, 1.82) is 0 Å². The summed E-state index contributed by atoms with van der Waals surface area (Å²) >= 11 is 0. The zero-order valence-corrected chi connectivity index (χ0v) is 38.1. The van der Waals surface area contributed by atoms with Gasteiger partial charge in [0.05, 0.1) is 37.9 Å². The van der Waals surface area contributed by atoms with E-state index in [1.165, 1.54) is 34.3 Å². The molecular formula is C45H68N2O14. The minimum absolute atomic E-state index is 0.0498. The summed E-state index contributed by atoms with van der Waals surface area (Å²) in [5.74, 6) is -8.14. The fraction of sp³-hybridized carbons (Fsp3) is 0.733. The van der Waals surface area contributed by atoms with Gasteiger partial charge >= 0.3 is 11.9 Å². The third kappa shape index (κ3) is 10.6. The van der Waals surface area contributed by atoms with E-state index in [-0.39, 0.29) is 55.9 Å². The van der Waals surface area contributed by atoms with Crippen molar-refractivity contribution in [2.24, 2.45) is 35.5 Å². The SMILES string of the molecule is CC[C@H]1OC(=O)[C@H](C)C(=O)C(C)[C@@H](O[C@@H]2O[C@H](C)C[C@H](N(C)C)[C@H]2O)[C@](C)(OC)C[C@@H](C)C(=O)[C@H](C)[C@H]2C(CNC(=O)CCC(=O)c3ccc(OC)c(OC)c3)C(=O)O[C@@]21C. The van der Waals surface area contributed by atoms with Gasteiger partial charge in [0, 0.05) is 61.8 Å². The number of carbonyl (C=O) groups excluding carboxylic acids is 6. The van der Waals surface area contributed by atoms with Crippen molar-refractivity contribution in [2.75, 3.05) is 42.0 Å². The number of nitrogens with one attached hydrogen (secondary N) is 1. The van der Waals surface area contributed by atoms with Gasteiger partial charge in [0.1, 0.15) is 23.9 Å². The standard InChI is InChI=1S/C45H68N2O14/c1-14-34-45(8)36(29(42(54)61-45)22-46-35(49)18-16-31(48)28-15-17-32(55-11)33(20-28)56-12)25(4)37(50)23(2)21-44(7,57-13)40(26(5)38(51)27(6)41(53)59-34)60-43-39(52)30(47(9)10)19-24(3)58-43/h15,17,20,23-27,29-30,34,36,39-40,43,52H,14,16,18-19,21-22H2,1-13H3,(H,46,49)/t23-,24-,25-,26?,27-,29?,30+,34-,36+,39-,40-,43+,44-,45-/m1/s1. The zero-order chi connectivity index (χ0) is 45.7. The van der Waals surface area contributed by atoms with Crippen LogP contribution in [-0.4, -0.2) is 135 Å². The van der Waals surface area contributed by atoms with Gasteiger partial charge in [-0.15, -0.1) is 0 Å². The molecule has 14 atom stereocenters. The highest BCUT2D eigenvalue weighted by Gasteiger charge is 2.61. The van der Waals surface area contributed by atoms with Gasteiger partial charge in [0.25, 0.3) is 0 Å².